The van der Waals surface area contributed by atoms with Crippen molar-refractivity contribution in [2.45, 2.75) is 64.5 Å². The molecule has 1 aliphatic rings. The Kier molecular flexibility index (Phi) is 11.3. The van der Waals surface area contributed by atoms with E-state index in [9.17, 15) is 9.59 Å². The van der Waals surface area contributed by atoms with Gasteiger partial charge < -0.3 is 14.4 Å². The molecule has 0 N–H and O–H groups in total. The van der Waals surface area contributed by atoms with Gasteiger partial charge in [-0.1, -0.05) is 62.4 Å². The highest BCUT2D eigenvalue weighted by atomic mass is 32.2. The summed E-state index contributed by atoms with van der Waals surface area (Å²) in [5, 5.41) is 0. The molecule has 1 unspecified atom stereocenters. The topological polar surface area (TPSA) is 55.8 Å². The average Bonchev–Trinajstić information content (AvgIpc) is 2.90. The number of rotatable bonds is 12. The predicted octanol–water partition coefficient (Wildman–Crippen LogP) is 6.52. The van der Waals surface area contributed by atoms with Crippen molar-refractivity contribution in [2.24, 2.45) is 5.92 Å². The van der Waals surface area contributed by atoms with E-state index in [0.29, 0.717) is 17.7 Å². The molecule has 0 amide bonds. The summed E-state index contributed by atoms with van der Waals surface area (Å²) in [6.45, 7) is 3.94. The number of carbonyl (C=O) groups excluding carboxylic acids is 2. The van der Waals surface area contributed by atoms with Crippen LogP contribution in [0.4, 0.5) is 0 Å². The molecule has 1 fully saturated rings. The van der Waals surface area contributed by atoms with Gasteiger partial charge in [-0.05, 0) is 79.3 Å². The van der Waals surface area contributed by atoms with Crippen molar-refractivity contribution in [1.82, 2.24) is 4.90 Å². The van der Waals surface area contributed by atoms with Crippen molar-refractivity contribution in [3.05, 3.63) is 59.2 Å². The Morgan fingerprint density at radius 2 is 1.83 bits per heavy atom. The van der Waals surface area contributed by atoms with Gasteiger partial charge in [0.05, 0.1) is 12.7 Å². The van der Waals surface area contributed by atoms with Gasteiger partial charge in [-0.15, -0.1) is 0 Å². The molecule has 0 heterocycles. The largest absolute Gasteiger partial charge is 0.466 e. The Hall–Kier alpha value is -2.31. The number of ether oxygens (including phenoxy) is 2. The van der Waals surface area contributed by atoms with Gasteiger partial charge in [-0.3, -0.25) is 0 Å². The number of esters is 2. The summed E-state index contributed by atoms with van der Waals surface area (Å²) < 4.78 is 10.6. The van der Waals surface area contributed by atoms with Crippen molar-refractivity contribution in [3.63, 3.8) is 0 Å². The van der Waals surface area contributed by atoms with Crippen LogP contribution in [0.2, 0.25) is 0 Å². The average molecular weight is 512 g/mol. The van der Waals surface area contributed by atoms with Crippen LogP contribution in [0.3, 0.4) is 0 Å². The van der Waals surface area contributed by atoms with E-state index in [1.165, 1.54) is 45.6 Å². The van der Waals surface area contributed by atoms with E-state index < -0.39 is 18.0 Å². The Balaban J connectivity index is 1.81. The van der Waals surface area contributed by atoms with Crippen molar-refractivity contribution in [3.8, 4) is 11.1 Å². The predicted molar refractivity (Wildman–Crippen MR) is 148 cm³/mol. The molecule has 5 nitrogen and oxygen atoms in total. The van der Waals surface area contributed by atoms with Gasteiger partial charge in [0, 0.05) is 13.0 Å². The minimum absolute atomic E-state index is 0.420. The second kappa shape index (κ2) is 14.4. The molecule has 0 saturated heterocycles. The molecule has 1 aliphatic carbocycles. The standard InChI is InChI=1S/C30H41NO4S/c1-22-10-8-9-13-25(22)27-20-24(21-31(2)18-16-23-11-6-5-7-12-23)14-15-26(27)29(32)35-28(17-19-36-4)30(33)34-3/h8-10,13-15,20,23,28H,5-7,11-12,16-19,21H2,1-4H3. The van der Waals surface area contributed by atoms with Gasteiger partial charge >= 0.3 is 11.9 Å². The number of nitrogens with zero attached hydrogens (tertiary/aromatic N) is 1. The lowest BCUT2D eigenvalue weighted by Gasteiger charge is -2.25. The fourth-order valence-corrected chi connectivity index (χ4v) is 5.46. The van der Waals surface area contributed by atoms with E-state index in [1.54, 1.807) is 11.8 Å². The number of thioether (sulfide) groups is 1. The van der Waals surface area contributed by atoms with Crippen LogP contribution in [-0.4, -0.2) is 55.7 Å². The first kappa shape index (κ1) is 28.3. The molecule has 0 bridgehead atoms. The van der Waals surface area contributed by atoms with Crippen molar-refractivity contribution < 1.29 is 19.1 Å². The van der Waals surface area contributed by atoms with Gasteiger partial charge in [0.15, 0.2) is 6.10 Å². The second-order valence-corrected chi connectivity index (χ2v) is 10.9. The van der Waals surface area contributed by atoms with Crippen molar-refractivity contribution in [2.75, 3.05) is 32.7 Å². The summed E-state index contributed by atoms with van der Waals surface area (Å²) in [5.41, 5.74) is 4.54. The molecule has 1 saturated carbocycles. The molecule has 2 aromatic rings. The molecule has 6 heteroatoms. The third kappa shape index (κ3) is 8.10. The third-order valence-corrected chi connectivity index (χ3v) is 7.78. The normalized spacial score (nSPS) is 15.0. The molecule has 0 radical (unpaired) electrons. The molecule has 3 rings (SSSR count). The van der Waals surface area contributed by atoms with Crippen molar-refractivity contribution >= 4 is 23.7 Å². The minimum atomic E-state index is -0.912. The maximum absolute atomic E-state index is 13.3. The van der Waals surface area contributed by atoms with Gasteiger partial charge in [-0.25, -0.2) is 9.59 Å². The Labute approximate surface area is 220 Å². The van der Waals surface area contributed by atoms with E-state index in [-0.39, 0.29) is 0 Å². The van der Waals surface area contributed by atoms with Crippen LogP contribution in [0.5, 0.6) is 0 Å². The molecule has 196 valence electrons. The molecular weight excluding hydrogens is 470 g/mol. The van der Waals surface area contributed by atoms with Crippen LogP contribution in [-0.2, 0) is 20.8 Å². The molecule has 0 aliphatic heterocycles. The Morgan fingerprint density at radius 1 is 1.08 bits per heavy atom. The molecule has 1 atom stereocenters. The number of carbonyl (C=O) groups is 2. The van der Waals surface area contributed by atoms with Crippen LogP contribution in [0.1, 0.15) is 66.4 Å². The number of hydrogen-bond acceptors (Lipinski definition) is 6. The lowest BCUT2D eigenvalue weighted by atomic mass is 9.87. The van der Waals surface area contributed by atoms with Crippen molar-refractivity contribution in [1.29, 1.82) is 0 Å². The first-order valence-corrected chi connectivity index (χ1v) is 14.5. The lowest BCUT2D eigenvalue weighted by Crippen LogP contribution is -2.29. The third-order valence-electron chi connectivity index (χ3n) is 7.13. The van der Waals surface area contributed by atoms with Crippen LogP contribution in [0, 0.1) is 12.8 Å². The quantitative estimate of drug-likeness (QED) is 0.303. The van der Waals surface area contributed by atoms with Gasteiger partial charge in [0.1, 0.15) is 0 Å². The highest BCUT2D eigenvalue weighted by molar-refractivity contribution is 7.98. The first-order valence-electron chi connectivity index (χ1n) is 13.1. The highest BCUT2D eigenvalue weighted by Crippen LogP contribution is 2.30. The Bertz CT molecular complexity index is 1000. The number of benzene rings is 2. The molecular formula is C30H41NO4S. The zero-order valence-corrected chi connectivity index (χ0v) is 23.1. The molecule has 36 heavy (non-hydrogen) atoms. The molecule has 0 aromatic heterocycles. The zero-order valence-electron chi connectivity index (χ0n) is 22.3. The summed E-state index contributed by atoms with van der Waals surface area (Å²) in [6.07, 6.45) is 9.58. The Morgan fingerprint density at radius 3 is 2.53 bits per heavy atom. The first-order chi connectivity index (χ1) is 17.4. The summed E-state index contributed by atoms with van der Waals surface area (Å²) in [5.74, 6) is 0.534. The van der Waals surface area contributed by atoms with E-state index >= 15 is 0 Å². The molecule has 0 spiro atoms. The van der Waals surface area contributed by atoms with Crippen LogP contribution >= 0.6 is 11.8 Å². The van der Waals surface area contributed by atoms with Crippen LogP contribution in [0.15, 0.2) is 42.5 Å². The van der Waals surface area contributed by atoms with Crippen LogP contribution < -0.4 is 0 Å². The summed E-state index contributed by atoms with van der Waals surface area (Å²) in [4.78, 5) is 27.9. The van der Waals surface area contributed by atoms with Gasteiger partial charge in [-0.2, -0.15) is 11.8 Å². The minimum Gasteiger partial charge on any atom is -0.466 e. The number of aryl methyl sites for hydroxylation is 1. The van der Waals surface area contributed by atoms with E-state index in [1.807, 2.05) is 49.6 Å². The molecule has 2 aromatic carbocycles. The fourth-order valence-electron chi connectivity index (χ4n) is 5.01. The highest BCUT2D eigenvalue weighted by Gasteiger charge is 2.26. The second-order valence-electron chi connectivity index (χ2n) is 9.92. The van der Waals surface area contributed by atoms with Gasteiger partial charge in [0.25, 0.3) is 0 Å². The smallest absolute Gasteiger partial charge is 0.347 e. The lowest BCUT2D eigenvalue weighted by molar-refractivity contribution is -0.150. The SMILES string of the molecule is COC(=O)C(CCSC)OC(=O)c1ccc(CN(C)CCC2CCCCC2)cc1-c1ccccc1C. The number of hydrogen-bond donors (Lipinski definition) is 0. The summed E-state index contributed by atoms with van der Waals surface area (Å²) >= 11 is 1.60. The number of methoxy groups -OCH3 is 1. The zero-order chi connectivity index (χ0) is 25.9. The van der Waals surface area contributed by atoms with E-state index in [2.05, 4.69) is 18.0 Å². The monoisotopic (exact) mass is 511 g/mol. The summed E-state index contributed by atoms with van der Waals surface area (Å²) in [7, 11) is 3.49. The summed E-state index contributed by atoms with van der Waals surface area (Å²) in [6, 6.07) is 14.0. The maximum Gasteiger partial charge on any atom is 0.347 e. The van der Waals surface area contributed by atoms with Gasteiger partial charge in [0.2, 0.25) is 0 Å². The maximum atomic E-state index is 13.3. The van der Waals surface area contributed by atoms with E-state index in [0.717, 1.165) is 41.3 Å². The fraction of sp³-hybridized carbons (Fsp3) is 0.533. The van der Waals surface area contributed by atoms with Crippen LogP contribution in [0.25, 0.3) is 11.1 Å². The van der Waals surface area contributed by atoms with E-state index in [4.69, 9.17) is 9.47 Å².